The van der Waals surface area contributed by atoms with Crippen LogP contribution in [0, 0.1) is 6.92 Å². The van der Waals surface area contributed by atoms with Gasteiger partial charge in [-0.25, -0.2) is 9.78 Å². The molecule has 2 aliphatic heterocycles. The fourth-order valence-corrected chi connectivity index (χ4v) is 6.57. The van der Waals surface area contributed by atoms with Crippen LogP contribution in [-0.4, -0.2) is 44.6 Å². The van der Waals surface area contributed by atoms with E-state index in [0.29, 0.717) is 6.54 Å². The average Bonchev–Trinajstić information content (AvgIpc) is 3.54. The van der Waals surface area contributed by atoms with E-state index >= 15 is 0 Å². The van der Waals surface area contributed by atoms with Crippen molar-refractivity contribution in [3.63, 3.8) is 0 Å². The van der Waals surface area contributed by atoms with Gasteiger partial charge in [-0.05, 0) is 31.0 Å². The molecule has 6 nitrogen and oxygen atoms in total. The smallest absolute Gasteiger partial charge is 0.411 e. The Morgan fingerprint density at radius 2 is 1.80 bits per heavy atom. The number of amides is 1. The van der Waals surface area contributed by atoms with Crippen molar-refractivity contribution >= 4 is 28.3 Å². The Hall–Kier alpha value is -3.16. The van der Waals surface area contributed by atoms with Crippen LogP contribution in [0.25, 0.3) is 10.9 Å². The van der Waals surface area contributed by atoms with Gasteiger partial charge < -0.3 is 9.72 Å². The van der Waals surface area contributed by atoms with E-state index in [1.165, 1.54) is 16.5 Å². The molecular formula is C28H30N4O2S. The normalized spacial score (nSPS) is 22.2. The molecule has 0 saturated carbocycles. The highest BCUT2D eigenvalue weighted by molar-refractivity contribution is 7.09. The quantitative estimate of drug-likeness (QED) is 0.385. The lowest BCUT2D eigenvalue weighted by molar-refractivity contribution is -0.0614. The van der Waals surface area contributed by atoms with Crippen LogP contribution in [0.5, 0.6) is 0 Å². The first-order chi connectivity index (χ1) is 17.0. The SMILES string of the molecule is Cc1nc(CN2C(=O)OC3(CCN(Cc4c[nH]c5ccccc45)CC3)C2(C)c2ccccc2)cs1. The van der Waals surface area contributed by atoms with Crippen LogP contribution in [0.1, 0.15) is 41.6 Å². The summed E-state index contributed by atoms with van der Waals surface area (Å²) in [6.07, 6.45) is 3.46. The summed E-state index contributed by atoms with van der Waals surface area (Å²) in [6.45, 7) is 7.27. The first-order valence-electron chi connectivity index (χ1n) is 12.2. The molecule has 1 amide bonds. The molecule has 1 N–H and O–H groups in total. The average molecular weight is 487 g/mol. The Morgan fingerprint density at radius 1 is 1.06 bits per heavy atom. The van der Waals surface area contributed by atoms with Gasteiger partial charge in [0, 0.05) is 55.0 Å². The minimum absolute atomic E-state index is 0.243. The van der Waals surface area contributed by atoms with Crippen molar-refractivity contribution < 1.29 is 9.53 Å². The molecule has 35 heavy (non-hydrogen) atoms. The summed E-state index contributed by atoms with van der Waals surface area (Å²) < 4.78 is 6.34. The number of nitrogens with zero attached hydrogens (tertiary/aromatic N) is 3. The highest BCUT2D eigenvalue weighted by Crippen LogP contribution is 2.52. The van der Waals surface area contributed by atoms with E-state index in [1.54, 1.807) is 11.3 Å². The van der Waals surface area contributed by atoms with Crippen LogP contribution in [0.3, 0.4) is 0 Å². The monoisotopic (exact) mass is 486 g/mol. The topological polar surface area (TPSA) is 61.5 Å². The number of nitrogens with one attached hydrogen (secondary N) is 1. The minimum Gasteiger partial charge on any atom is -0.440 e. The molecular weight excluding hydrogens is 456 g/mol. The maximum Gasteiger partial charge on any atom is 0.411 e. The first-order valence-corrected chi connectivity index (χ1v) is 13.1. The fraction of sp³-hybridized carbons (Fsp3) is 0.357. The number of carbonyl (C=O) groups is 1. The molecule has 180 valence electrons. The van der Waals surface area contributed by atoms with E-state index in [4.69, 9.17) is 4.74 Å². The van der Waals surface area contributed by atoms with Gasteiger partial charge in [-0.2, -0.15) is 0 Å². The highest BCUT2D eigenvalue weighted by atomic mass is 32.1. The zero-order valence-electron chi connectivity index (χ0n) is 20.2. The van der Waals surface area contributed by atoms with Crippen molar-refractivity contribution in [2.24, 2.45) is 0 Å². The Balaban J connectivity index is 1.28. The molecule has 2 aromatic carbocycles. The number of benzene rings is 2. The van der Waals surface area contributed by atoms with Crippen molar-refractivity contribution in [1.29, 1.82) is 0 Å². The number of fused-ring (bicyclic) bond motifs is 1. The predicted octanol–water partition coefficient (Wildman–Crippen LogP) is 5.84. The fourth-order valence-electron chi connectivity index (χ4n) is 5.96. The standard InChI is InChI=1S/C28H30N4O2S/c1-20-30-23(19-35-20)18-32-26(33)34-28(27(32,2)22-8-4-3-5-9-22)12-14-31(15-13-28)17-21-16-29-25-11-7-6-10-24(21)25/h3-11,16,19,29H,12-15,17-18H2,1-2H3. The van der Waals surface area contributed by atoms with E-state index in [2.05, 4.69) is 64.4 Å². The third-order valence-corrected chi connectivity index (χ3v) is 8.81. The van der Waals surface area contributed by atoms with Crippen LogP contribution in [-0.2, 0) is 23.4 Å². The number of H-pyrrole nitrogens is 1. The first kappa shape index (κ1) is 22.3. The number of hydrogen-bond donors (Lipinski definition) is 1. The molecule has 7 heteroatoms. The van der Waals surface area contributed by atoms with Crippen molar-refractivity contribution in [1.82, 2.24) is 19.8 Å². The summed E-state index contributed by atoms with van der Waals surface area (Å²) in [7, 11) is 0. The van der Waals surface area contributed by atoms with Crippen molar-refractivity contribution in [2.45, 2.75) is 50.9 Å². The zero-order chi connectivity index (χ0) is 24.0. The maximum absolute atomic E-state index is 13.4. The highest BCUT2D eigenvalue weighted by Gasteiger charge is 2.63. The lowest BCUT2D eigenvalue weighted by Gasteiger charge is -2.48. The second kappa shape index (κ2) is 8.50. The number of aromatic amines is 1. The number of ether oxygens (including phenoxy) is 1. The molecule has 2 saturated heterocycles. The Morgan fingerprint density at radius 3 is 2.54 bits per heavy atom. The Labute approximate surface area is 209 Å². The molecule has 6 rings (SSSR count). The van der Waals surface area contributed by atoms with Gasteiger partial charge in [0.05, 0.1) is 17.2 Å². The summed E-state index contributed by atoms with van der Waals surface area (Å²) in [4.78, 5) is 25.8. The summed E-state index contributed by atoms with van der Waals surface area (Å²) >= 11 is 1.62. The van der Waals surface area contributed by atoms with Crippen LogP contribution in [0.4, 0.5) is 4.79 Å². The van der Waals surface area contributed by atoms with Crippen LogP contribution in [0.15, 0.2) is 66.2 Å². The molecule has 0 radical (unpaired) electrons. The molecule has 2 aliphatic rings. The van der Waals surface area contributed by atoms with Gasteiger partial charge in [-0.3, -0.25) is 9.80 Å². The largest absolute Gasteiger partial charge is 0.440 e. The van der Waals surface area contributed by atoms with Crippen LogP contribution in [0.2, 0.25) is 0 Å². The van der Waals surface area contributed by atoms with Gasteiger partial charge in [-0.15, -0.1) is 11.3 Å². The van der Waals surface area contributed by atoms with E-state index in [9.17, 15) is 4.79 Å². The van der Waals surface area contributed by atoms with E-state index in [1.807, 2.05) is 35.4 Å². The molecule has 0 aliphatic carbocycles. The number of aromatic nitrogens is 2. The molecule has 2 aromatic heterocycles. The summed E-state index contributed by atoms with van der Waals surface area (Å²) in [6, 6.07) is 18.8. The molecule has 4 heterocycles. The van der Waals surface area contributed by atoms with Crippen LogP contribution >= 0.6 is 11.3 Å². The molecule has 1 atom stereocenters. The summed E-state index contributed by atoms with van der Waals surface area (Å²) in [5, 5.41) is 4.33. The third-order valence-electron chi connectivity index (χ3n) is 7.99. The lowest BCUT2D eigenvalue weighted by Crippen LogP contribution is -2.58. The molecule has 0 bridgehead atoms. The van der Waals surface area contributed by atoms with E-state index < -0.39 is 11.1 Å². The van der Waals surface area contributed by atoms with Gasteiger partial charge in [0.2, 0.25) is 0 Å². The lowest BCUT2D eigenvalue weighted by atomic mass is 9.70. The van der Waals surface area contributed by atoms with Crippen molar-refractivity contribution in [3.05, 3.63) is 88.0 Å². The van der Waals surface area contributed by atoms with Gasteiger partial charge in [0.25, 0.3) is 0 Å². The Bertz CT molecular complexity index is 1360. The number of carbonyl (C=O) groups excluding carboxylic acids is 1. The molecule has 2 fully saturated rings. The number of rotatable bonds is 5. The number of para-hydroxylation sites is 1. The second-order valence-corrected chi connectivity index (χ2v) is 10.9. The van der Waals surface area contributed by atoms with Crippen molar-refractivity contribution in [3.8, 4) is 0 Å². The van der Waals surface area contributed by atoms with E-state index in [0.717, 1.165) is 48.7 Å². The van der Waals surface area contributed by atoms with Gasteiger partial charge in [0.15, 0.2) is 0 Å². The number of piperidine rings is 1. The second-order valence-electron chi connectivity index (χ2n) is 9.88. The summed E-state index contributed by atoms with van der Waals surface area (Å²) in [5.41, 5.74) is 3.36. The predicted molar refractivity (Wildman–Crippen MR) is 138 cm³/mol. The molecule has 1 spiro atoms. The third kappa shape index (κ3) is 3.65. The van der Waals surface area contributed by atoms with Crippen molar-refractivity contribution in [2.75, 3.05) is 13.1 Å². The Kier molecular flexibility index (Phi) is 5.42. The maximum atomic E-state index is 13.4. The molecule has 1 unspecified atom stereocenters. The molecule has 4 aromatic rings. The zero-order valence-corrected chi connectivity index (χ0v) is 21.0. The van der Waals surface area contributed by atoms with E-state index in [-0.39, 0.29) is 6.09 Å². The van der Waals surface area contributed by atoms with Gasteiger partial charge in [-0.1, -0.05) is 48.5 Å². The number of aryl methyl sites for hydroxylation is 1. The van der Waals surface area contributed by atoms with Crippen LogP contribution < -0.4 is 0 Å². The summed E-state index contributed by atoms with van der Waals surface area (Å²) in [5.74, 6) is 0. The number of likely N-dealkylation sites (tertiary alicyclic amines) is 1. The minimum atomic E-state index is -0.576. The number of hydrogen-bond acceptors (Lipinski definition) is 5. The number of thiazole rings is 1. The van der Waals surface area contributed by atoms with Gasteiger partial charge in [0.1, 0.15) is 11.1 Å². The van der Waals surface area contributed by atoms with Gasteiger partial charge >= 0.3 is 6.09 Å².